The predicted molar refractivity (Wildman–Crippen MR) is 83.1 cm³/mol. The molecule has 1 amide bonds. The van der Waals surface area contributed by atoms with E-state index in [1.807, 2.05) is 11.9 Å². The van der Waals surface area contributed by atoms with Crippen LogP contribution in [0.1, 0.15) is 32.1 Å². The molecule has 2 fully saturated rings. The molecule has 0 aromatic heterocycles. The maximum absolute atomic E-state index is 12.6. The Balaban J connectivity index is 1.79. The molecule has 23 heavy (non-hydrogen) atoms. The molecule has 0 aliphatic carbocycles. The number of piperidine rings is 2. The highest BCUT2D eigenvalue weighted by Crippen LogP contribution is 2.26. The van der Waals surface area contributed by atoms with E-state index in [-0.39, 0.29) is 18.4 Å². The molecular formula is C16H28F3N3O. The number of hydrogen-bond donors (Lipinski definition) is 1. The predicted octanol–water partition coefficient (Wildman–Crippen LogP) is 2.11. The number of carbonyl (C=O) groups is 1. The number of amides is 1. The van der Waals surface area contributed by atoms with Gasteiger partial charge >= 0.3 is 6.18 Å². The van der Waals surface area contributed by atoms with Gasteiger partial charge in [0.2, 0.25) is 5.91 Å². The van der Waals surface area contributed by atoms with E-state index in [2.05, 4.69) is 5.32 Å². The molecule has 1 atom stereocenters. The summed E-state index contributed by atoms with van der Waals surface area (Å²) in [6.45, 7) is 2.29. The van der Waals surface area contributed by atoms with E-state index in [0.29, 0.717) is 25.3 Å². The second-order valence-electron chi connectivity index (χ2n) is 6.85. The summed E-state index contributed by atoms with van der Waals surface area (Å²) in [5.41, 5.74) is 0. The molecule has 2 aliphatic rings. The first kappa shape index (κ1) is 18.5. The molecule has 0 saturated carbocycles. The van der Waals surface area contributed by atoms with Crippen LogP contribution in [0.15, 0.2) is 0 Å². The van der Waals surface area contributed by atoms with Gasteiger partial charge in [0, 0.05) is 19.6 Å². The minimum atomic E-state index is -4.18. The Bertz CT molecular complexity index is 381. The largest absolute Gasteiger partial charge is 0.401 e. The minimum Gasteiger partial charge on any atom is -0.342 e. The molecule has 2 aliphatic heterocycles. The highest BCUT2D eigenvalue weighted by molar-refractivity contribution is 5.79. The highest BCUT2D eigenvalue weighted by atomic mass is 19.4. The van der Waals surface area contributed by atoms with Gasteiger partial charge in [-0.3, -0.25) is 9.69 Å². The molecule has 0 spiro atoms. The minimum absolute atomic E-state index is 0.0592. The van der Waals surface area contributed by atoms with Gasteiger partial charge in [-0.1, -0.05) is 0 Å². The van der Waals surface area contributed by atoms with Crippen LogP contribution in [0.3, 0.4) is 0 Å². The van der Waals surface area contributed by atoms with Gasteiger partial charge in [-0.25, -0.2) is 0 Å². The molecule has 2 saturated heterocycles. The van der Waals surface area contributed by atoms with Gasteiger partial charge in [0.25, 0.3) is 0 Å². The maximum Gasteiger partial charge on any atom is 0.401 e. The number of carbonyl (C=O) groups excluding carboxylic acids is 1. The van der Waals surface area contributed by atoms with Crippen LogP contribution in [0, 0.1) is 11.8 Å². The SMILES string of the molecule is CNCCC1CCN(C(=O)C2CCCN(CC(F)(F)F)C2)CC1. The summed E-state index contributed by atoms with van der Waals surface area (Å²) in [6.07, 6.45) is 0.342. The zero-order chi connectivity index (χ0) is 16.9. The van der Waals surface area contributed by atoms with Gasteiger partial charge in [-0.15, -0.1) is 0 Å². The van der Waals surface area contributed by atoms with Crippen molar-refractivity contribution in [1.29, 1.82) is 0 Å². The van der Waals surface area contributed by atoms with Crippen LogP contribution in [-0.2, 0) is 4.79 Å². The van der Waals surface area contributed by atoms with Crippen LogP contribution in [0.4, 0.5) is 13.2 Å². The monoisotopic (exact) mass is 335 g/mol. The fourth-order valence-electron chi connectivity index (χ4n) is 3.70. The molecule has 0 aromatic carbocycles. The fourth-order valence-corrected chi connectivity index (χ4v) is 3.70. The summed E-state index contributed by atoms with van der Waals surface area (Å²) in [4.78, 5) is 15.8. The fraction of sp³-hybridized carbons (Fsp3) is 0.938. The third kappa shape index (κ3) is 5.95. The van der Waals surface area contributed by atoms with Crippen molar-refractivity contribution in [2.75, 3.05) is 46.3 Å². The number of likely N-dealkylation sites (tertiary alicyclic amines) is 2. The summed E-state index contributed by atoms with van der Waals surface area (Å²) in [7, 11) is 1.94. The average molecular weight is 335 g/mol. The summed E-state index contributed by atoms with van der Waals surface area (Å²) in [5.74, 6) is 0.448. The number of nitrogens with one attached hydrogen (secondary N) is 1. The molecule has 4 nitrogen and oxygen atoms in total. The standard InChI is InChI=1S/C16H28F3N3O/c1-20-7-4-13-5-9-22(10-6-13)15(23)14-3-2-8-21(11-14)12-16(17,18)19/h13-14,20H,2-12H2,1H3. The van der Waals surface area contributed by atoms with Gasteiger partial charge in [-0.05, 0) is 58.2 Å². The van der Waals surface area contributed by atoms with E-state index >= 15 is 0 Å². The Morgan fingerprint density at radius 3 is 2.48 bits per heavy atom. The molecule has 2 heterocycles. The van der Waals surface area contributed by atoms with Crippen LogP contribution in [0.25, 0.3) is 0 Å². The molecule has 0 aromatic rings. The molecule has 134 valence electrons. The third-order valence-electron chi connectivity index (χ3n) is 4.99. The topological polar surface area (TPSA) is 35.6 Å². The summed E-state index contributed by atoms with van der Waals surface area (Å²) >= 11 is 0. The lowest BCUT2D eigenvalue weighted by Gasteiger charge is -2.38. The summed E-state index contributed by atoms with van der Waals surface area (Å²) in [6, 6.07) is 0. The molecule has 0 radical (unpaired) electrons. The van der Waals surface area contributed by atoms with Crippen molar-refractivity contribution >= 4 is 5.91 Å². The quantitative estimate of drug-likeness (QED) is 0.836. The van der Waals surface area contributed by atoms with Crippen molar-refractivity contribution in [3.8, 4) is 0 Å². The second-order valence-corrected chi connectivity index (χ2v) is 6.85. The van der Waals surface area contributed by atoms with Gasteiger partial charge < -0.3 is 10.2 Å². The van der Waals surface area contributed by atoms with Crippen LogP contribution in [-0.4, -0.2) is 68.2 Å². The Hall–Kier alpha value is -0.820. The second kappa shape index (κ2) is 8.33. The molecular weight excluding hydrogens is 307 g/mol. The van der Waals surface area contributed by atoms with E-state index in [1.165, 1.54) is 4.90 Å². The van der Waals surface area contributed by atoms with Crippen molar-refractivity contribution in [3.63, 3.8) is 0 Å². The Morgan fingerprint density at radius 2 is 1.87 bits per heavy atom. The third-order valence-corrected chi connectivity index (χ3v) is 4.99. The van der Waals surface area contributed by atoms with Gasteiger partial charge in [-0.2, -0.15) is 13.2 Å². The zero-order valence-corrected chi connectivity index (χ0v) is 13.9. The van der Waals surface area contributed by atoms with Gasteiger partial charge in [0.05, 0.1) is 12.5 Å². The van der Waals surface area contributed by atoms with Crippen LogP contribution in [0.2, 0.25) is 0 Å². The highest BCUT2D eigenvalue weighted by Gasteiger charge is 2.36. The van der Waals surface area contributed by atoms with Crippen molar-refractivity contribution < 1.29 is 18.0 Å². The lowest BCUT2D eigenvalue weighted by molar-refractivity contribution is -0.155. The number of halogens is 3. The molecule has 7 heteroatoms. The van der Waals surface area contributed by atoms with E-state index in [9.17, 15) is 18.0 Å². The van der Waals surface area contributed by atoms with E-state index < -0.39 is 12.7 Å². The number of rotatable bonds is 5. The van der Waals surface area contributed by atoms with Crippen LogP contribution in [0.5, 0.6) is 0 Å². The number of nitrogens with zero attached hydrogens (tertiary/aromatic N) is 2. The van der Waals surface area contributed by atoms with E-state index in [1.54, 1.807) is 0 Å². The Labute approximate surface area is 136 Å². The first-order valence-corrected chi connectivity index (χ1v) is 8.61. The molecule has 1 N–H and O–H groups in total. The van der Waals surface area contributed by atoms with Gasteiger partial charge in [0.15, 0.2) is 0 Å². The van der Waals surface area contributed by atoms with Crippen LogP contribution >= 0.6 is 0 Å². The number of alkyl halides is 3. The first-order valence-electron chi connectivity index (χ1n) is 8.61. The maximum atomic E-state index is 12.6. The summed E-state index contributed by atoms with van der Waals surface area (Å²) < 4.78 is 37.6. The smallest absolute Gasteiger partial charge is 0.342 e. The lowest BCUT2D eigenvalue weighted by Crippen LogP contribution is -2.49. The first-order chi connectivity index (χ1) is 10.9. The van der Waals surface area contributed by atoms with Crippen molar-refractivity contribution in [2.24, 2.45) is 11.8 Å². The molecule has 1 unspecified atom stereocenters. The lowest BCUT2D eigenvalue weighted by atomic mass is 9.91. The van der Waals surface area contributed by atoms with Gasteiger partial charge in [0.1, 0.15) is 0 Å². The van der Waals surface area contributed by atoms with Crippen molar-refractivity contribution in [2.45, 2.75) is 38.3 Å². The van der Waals surface area contributed by atoms with Crippen molar-refractivity contribution in [3.05, 3.63) is 0 Å². The Morgan fingerprint density at radius 1 is 1.17 bits per heavy atom. The zero-order valence-electron chi connectivity index (χ0n) is 13.9. The number of hydrogen-bond acceptors (Lipinski definition) is 3. The van der Waals surface area contributed by atoms with E-state index in [4.69, 9.17) is 0 Å². The van der Waals surface area contributed by atoms with Crippen molar-refractivity contribution in [1.82, 2.24) is 15.1 Å². The normalized spacial score (nSPS) is 24.9. The molecule has 2 rings (SSSR count). The molecule has 0 bridgehead atoms. The average Bonchev–Trinajstić information content (AvgIpc) is 2.51. The Kier molecular flexibility index (Phi) is 6.71. The van der Waals surface area contributed by atoms with E-state index in [0.717, 1.165) is 38.9 Å². The summed E-state index contributed by atoms with van der Waals surface area (Å²) in [5, 5.41) is 3.15. The van der Waals surface area contributed by atoms with Crippen LogP contribution < -0.4 is 5.32 Å².